The number of pyridine rings is 1. The van der Waals surface area contributed by atoms with Gasteiger partial charge in [-0.05, 0) is 44.2 Å². The van der Waals surface area contributed by atoms with Crippen LogP contribution in [0.1, 0.15) is 73.5 Å². The second-order valence-corrected chi connectivity index (χ2v) is 8.53. The molecule has 3 heterocycles. The van der Waals surface area contributed by atoms with Gasteiger partial charge in [-0.3, -0.25) is 4.79 Å². The van der Waals surface area contributed by atoms with E-state index >= 15 is 0 Å². The van der Waals surface area contributed by atoms with Gasteiger partial charge in [-0.1, -0.05) is 19.9 Å². The van der Waals surface area contributed by atoms with Gasteiger partial charge in [0.25, 0.3) is 5.91 Å². The largest absolute Gasteiger partial charge is 0.452 e. The van der Waals surface area contributed by atoms with Crippen LogP contribution < -0.4 is 5.32 Å². The standard InChI is InChI=1S/C21H26N4O3S/c1-12(2)17-9-15(16-10-22-25(13(3)4)20(16)24-17)21(27)28-11-19(26)23-14(5)18-7-6-8-29-18/h6-10,12-14H,11H2,1-5H3,(H,23,26)/t14-/m0/s1. The number of aromatic nitrogens is 3. The van der Waals surface area contributed by atoms with Crippen LogP contribution in [0.15, 0.2) is 29.8 Å². The minimum atomic E-state index is -0.554. The first-order valence-corrected chi connectivity index (χ1v) is 10.5. The van der Waals surface area contributed by atoms with Crippen molar-refractivity contribution in [2.75, 3.05) is 6.61 Å². The first-order valence-electron chi connectivity index (χ1n) is 9.66. The van der Waals surface area contributed by atoms with Crippen LogP contribution in [0.3, 0.4) is 0 Å². The van der Waals surface area contributed by atoms with Gasteiger partial charge in [0.05, 0.1) is 23.2 Å². The Hall–Kier alpha value is -2.74. The number of esters is 1. The lowest BCUT2D eigenvalue weighted by molar-refractivity contribution is -0.124. The number of carbonyl (C=O) groups excluding carboxylic acids is 2. The van der Waals surface area contributed by atoms with Gasteiger partial charge >= 0.3 is 5.97 Å². The summed E-state index contributed by atoms with van der Waals surface area (Å²) in [5.41, 5.74) is 1.81. The van der Waals surface area contributed by atoms with Crippen molar-refractivity contribution in [1.82, 2.24) is 20.1 Å². The van der Waals surface area contributed by atoms with Gasteiger partial charge in [-0.25, -0.2) is 14.5 Å². The van der Waals surface area contributed by atoms with Gasteiger partial charge in [0.1, 0.15) is 0 Å². The van der Waals surface area contributed by atoms with E-state index in [2.05, 4.69) is 15.4 Å². The number of amides is 1. The Kier molecular flexibility index (Phi) is 6.32. The molecule has 0 aliphatic carbocycles. The van der Waals surface area contributed by atoms with Gasteiger partial charge in [-0.2, -0.15) is 5.10 Å². The van der Waals surface area contributed by atoms with Crippen molar-refractivity contribution in [2.24, 2.45) is 0 Å². The molecular formula is C21H26N4O3S. The van der Waals surface area contributed by atoms with Crippen LogP contribution in [-0.4, -0.2) is 33.2 Å². The molecule has 0 saturated carbocycles. The number of hydrogen-bond acceptors (Lipinski definition) is 6. The fourth-order valence-corrected chi connectivity index (χ4v) is 3.72. The zero-order valence-electron chi connectivity index (χ0n) is 17.3. The van der Waals surface area contributed by atoms with Gasteiger partial charge in [0.15, 0.2) is 12.3 Å². The van der Waals surface area contributed by atoms with Crippen molar-refractivity contribution in [3.8, 4) is 0 Å². The van der Waals surface area contributed by atoms with Gasteiger partial charge in [0.2, 0.25) is 0 Å². The molecule has 1 atom stereocenters. The van der Waals surface area contributed by atoms with Gasteiger partial charge < -0.3 is 10.1 Å². The lowest BCUT2D eigenvalue weighted by Crippen LogP contribution is -2.30. The molecule has 7 nitrogen and oxygen atoms in total. The number of thiophene rings is 1. The Bertz CT molecular complexity index is 1010. The summed E-state index contributed by atoms with van der Waals surface area (Å²) in [6.07, 6.45) is 1.63. The molecule has 3 aromatic rings. The zero-order chi connectivity index (χ0) is 21.1. The van der Waals surface area contributed by atoms with E-state index in [-0.39, 0.29) is 30.5 Å². The normalized spacial score (nSPS) is 12.5. The highest BCUT2D eigenvalue weighted by atomic mass is 32.1. The molecule has 0 aromatic carbocycles. The number of nitrogens with zero attached hydrogens (tertiary/aromatic N) is 3. The third-order valence-corrected chi connectivity index (χ3v) is 5.62. The number of rotatable bonds is 7. The molecule has 0 spiro atoms. The second kappa shape index (κ2) is 8.73. The maximum atomic E-state index is 12.8. The highest BCUT2D eigenvalue weighted by Gasteiger charge is 2.21. The topological polar surface area (TPSA) is 86.1 Å². The third-order valence-electron chi connectivity index (χ3n) is 4.57. The first kappa shape index (κ1) is 21.0. The Balaban J connectivity index is 1.77. The fraction of sp³-hybridized carbons (Fsp3) is 0.429. The average Bonchev–Trinajstić information content (AvgIpc) is 3.34. The summed E-state index contributed by atoms with van der Waals surface area (Å²) in [6.45, 7) is 9.60. The predicted octanol–water partition coefficient (Wildman–Crippen LogP) is 4.23. The predicted molar refractivity (Wildman–Crippen MR) is 113 cm³/mol. The smallest absolute Gasteiger partial charge is 0.339 e. The summed E-state index contributed by atoms with van der Waals surface area (Å²) in [5, 5.41) is 9.79. The highest BCUT2D eigenvalue weighted by molar-refractivity contribution is 7.10. The summed E-state index contributed by atoms with van der Waals surface area (Å²) in [7, 11) is 0. The number of carbonyl (C=O) groups is 2. The molecule has 0 aliphatic rings. The van der Waals surface area contributed by atoms with Crippen molar-refractivity contribution in [3.63, 3.8) is 0 Å². The van der Waals surface area contributed by atoms with Crippen molar-refractivity contribution in [3.05, 3.63) is 45.9 Å². The van der Waals surface area contributed by atoms with E-state index in [9.17, 15) is 9.59 Å². The number of nitrogens with one attached hydrogen (secondary N) is 1. The lowest BCUT2D eigenvalue weighted by atomic mass is 10.1. The van der Waals surface area contributed by atoms with E-state index in [1.807, 2.05) is 52.1 Å². The number of fused-ring (bicyclic) bond motifs is 1. The van der Waals surface area contributed by atoms with Crippen LogP contribution >= 0.6 is 11.3 Å². The van der Waals surface area contributed by atoms with E-state index in [0.29, 0.717) is 16.6 Å². The van der Waals surface area contributed by atoms with Gasteiger partial charge in [-0.15, -0.1) is 11.3 Å². The Morgan fingerprint density at radius 3 is 2.62 bits per heavy atom. The molecule has 1 N–H and O–H groups in total. The molecule has 8 heteroatoms. The van der Waals surface area contributed by atoms with E-state index in [1.54, 1.807) is 28.3 Å². The molecule has 154 valence electrons. The van der Waals surface area contributed by atoms with Gasteiger partial charge in [0, 0.05) is 16.6 Å². The summed E-state index contributed by atoms with van der Waals surface area (Å²) in [5.74, 6) is -0.760. The van der Waals surface area contributed by atoms with Crippen LogP contribution in [0.5, 0.6) is 0 Å². The van der Waals surface area contributed by atoms with Crippen LogP contribution in [-0.2, 0) is 9.53 Å². The number of hydrogen-bond donors (Lipinski definition) is 1. The molecule has 0 aliphatic heterocycles. The fourth-order valence-electron chi connectivity index (χ4n) is 2.98. The SMILES string of the molecule is CC(C)c1cc(C(=O)OCC(=O)N[C@@H](C)c2cccs2)c2cnn(C(C)C)c2n1. The van der Waals surface area contributed by atoms with E-state index in [0.717, 1.165) is 10.6 Å². The molecule has 0 bridgehead atoms. The maximum absolute atomic E-state index is 12.8. The molecule has 3 aromatic heterocycles. The summed E-state index contributed by atoms with van der Waals surface area (Å²) in [6, 6.07) is 5.59. The Morgan fingerprint density at radius 1 is 1.24 bits per heavy atom. The summed E-state index contributed by atoms with van der Waals surface area (Å²) >= 11 is 1.57. The zero-order valence-corrected chi connectivity index (χ0v) is 18.1. The maximum Gasteiger partial charge on any atom is 0.339 e. The average molecular weight is 415 g/mol. The summed E-state index contributed by atoms with van der Waals surface area (Å²) in [4.78, 5) is 30.7. The second-order valence-electron chi connectivity index (χ2n) is 7.55. The molecule has 0 unspecified atom stereocenters. The molecule has 0 fully saturated rings. The van der Waals surface area contributed by atoms with Crippen molar-refractivity contribution in [2.45, 2.75) is 52.6 Å². The molecule has 3 rings (SSSR count). The Morgan fingerprint density at radius 2 is 2.00 bits per heavy atom. The van der Waals surface area contributed by atoms with Crippen LogP contribution in [0.2, 0.25) is 0 Å². The first-order chi connectivity index (χ1) is 13.8. The van der Waals surface area contributed by atoms with E-state index in [1.165, 1.54) is 0 Å². The molecular weight excluding hydrogens is 388 g/mol. The Labute approximate surface area is 174 Å². The number of ether oxygens (including phenoxy) is 1. The minimum Gasteiger partial charge on any atom is -0.452 e. The molecule has 29 heavy (non-hydrogen) atoms. The molecule has 0 radical (unpaired) electrons. The van der Waals surface area contributed by atoms with Crippen molar-refractivity contribution >= 4 is 34.2 Å². The quantitative estimate of drug-likeness (QED) is 0.585. The van der Waals surface area contributed by atoms with Crippen molar-refractivity contribution in [1.29, 1.82) is 0 Å². The van der Waals surface area contributed by atoms with E-state index < -0.39 is 5.97 Å². The molecule has 0 saturated heterocycles. The van der Waals surface area contributed by atoms with Crippen LogP contribution in [0.25, 0.3) is 11.0 Å². The lowest BCUT2D eigenvalue weighted by Gasteiger charge is -2.13. The monoisotopic (exact) mass is 414 g/mol. The van der Waals surface area contributed by atoms with Crippen LogP contribution in [0, 0.1) is 0 Å². The highest BCUT2D eigenvalue weighted by Crippen LogP contribution is 2.25. The molecule has 1 amide bonds. The third kappa shape index (κ3) is 4.64. The van der Waals surface area contributed by atoms with E-state index in [4.69, 9.17) is 4.74 Å². The van der Waals surface area contributed by atoms with Crippen molar-refractivity contribution < 1.29 is 14.3 Å². The van der Waals surface area contributed by atoms with Crippen LogP contribution in [0.4, 0.5) is 0 Å². The minimum absolute atomic E-state index is 0.107. The summed E-state index contributed by atoms with van der Waals surface area (Å²) < 4.78 is 7.09.